The zero-order valence-electron chi connectivity index (χ0n) is 11.1. The van der Waals surface area contributed by atoms with Crippen molar-refractivity contribution in [1.29, 1.82) is 5.26 Å². The summed E-state index contributed by atoms with van der Waals surface area (Å²) in [7, 11) is 0. The molecule has 0 atom stereocenters. The van der Waals surface area contributed by atoms with Gasteiger partial charge in [-0.05, 0) is 42.3 Å². The van der Waals surface area contributed by atoms with Crippen LogP contribution in [0.1, 0.15) is 21.5 Å². The van der Waals surface area contributed by atoms with Crippen molar-refractivity contribution in [2.24, 2.45) is 0 Å². The molecule has 2 rings (SSSR count). The second kappa shape index (κ2) is 6.78. The van der Waals surface area contributed by atoms with Gasteiger partial charge >= 0.3 is 5.97 Å². The van der Waals surface area contributed by atoms with Crippen LogP contribution in [0, 0.1) is 11.3 Å². The third-order valence-corrected chi connectivity index (χ3v) is 3.24. The maximum Gasteiger partial charge on any atom is 0.335 e. The summed E-state index contributed by atoms with van der Waals surface area (Å²) < 4.78 is 0. The highest BCUT2D eigenvalue weighted by Gasteiger charge is 2.04. The van der Waals surface area contributed by atoms with Crippen molar-refractivity contribution in [2.45, 2.75) is 6.42 Å². The van der Waals surface area contributed by atoms with Gasteiger partial charge in [-0.1, -0.05) is 23.7 Å². The smallest absolute Gasteiger partial charge is 0.335 e. The Labute approximate surface area is 127 Å². The number of anilines is 1. The van der Waals surface area contributed by atoms with E-state index in [0.29, 0.717) is 23.6 Å². The van der Waals surface area contributed by atoms with Crippen LogP contribution in [-0.4, -0.2) is 17.6 Å². The molecule has 21 heavy (non-hydrogen) atoms. The Kier molecular flexibility index (Phi) is 4.81. The lowest BCUT2D eigenvalue weighted by Gasteiger charge is -2.09. The molecular weight excluding hydrogens is 288 g/mol. The largest absolute Gasteiger partial charge is 0.478 e. The summed E-state index contributed by atoms with van der Waals surface area (Å²) in [5.74, 6) is -0.936. The molecule has 0 bridgehead atoms. The highest BCUT2D eigenvalue weighted by atomic mass is 35.5. The Morgan fingerprint density at radius 3 is 2.81 bits per heavy atom. The molecule has 0 unspecified atom stereocenters. The first-order valence-corrected chi connectivity index (χ1v) is 6.73. The second-order valence-corrected chi connectivity index (χ2v) is 4.92. The topological polar surface area (TPSA) is 73.1 Å². The van der Waals surface area contributed by atoms with Crippen LogP contribution in [0.15, 0.2) is 42.5 Å². The van der Waals surface area contributed by atoms with Crippen molar-refractivity contribution >= 4 is 23.3 Å². The first kappa shape index (κ1) is 14.9. The molecule has 0 saturated heterocycles. The molecule has 5 heteroatoms. The Morgan fingerprint density at radius 2 is 2.10 bits per heavy atom. The minimum Gasteiger partial charge on any atom is -0.478 e. The number of aromatic carboxylic acids is 1. The molecule has 0 aromatic heterocycles. The maximum absolute atomic E-state index is 10.9. The highest BCUT2D eigenvalue weighted by Crippen LogP contribution is 2.19. The van der Waals surface area contributed by atoms with Gasteiger partial charge in [-0.25, -0.2) is 4.79 Å². The molecule has 0 aliphatic rings. The van der Waals surface area contributed by atoms with Crippen molar-refractivity contribution in [2.75, 3.05) is 11.9 Å². The van der Waals surface area contributed by atoms with E-state index in [1.165, 1.54) is 0 Å². The number of carboxylic acid groups (broad SMARTS) is 1. The summed E-state index contributed by atoms with van der Waals surface area (Å²) in [6, 6.07) is 14.0. The monoisotopic (exact) mass is 300 g/mol. The van der Waals surface area contributed by atoms with Gasteiger partial charge in [0.25, 0.3) is 0 Å². The van der Waals surface area contributed by atoms with Gasteiger partial charge in [-0.2, -0.15) is 5.26 Å². The number of carbonyl (C=O) groups is 1. The van der Waals surface area contributed by atoms with Crippen molar-refractivity contribution < 1.29 is 9.90 Å². The van der Waals surface area contributed by atoms with E-state index in [4.69, 9.17) is 22.0 Å². The van der Waals surface area contributed by atoms with Gasteiger partial charge in [-0.15, -0.1) is 0 Å². The Morgan fingerprint density at radius 1 is 1.29 bits per heavy atom. The van der Waals surface area contributed by atoms with E-state index >= 15 is 0 Å². The lowest BCUT2D eigenvalue weighted by atomic mass is 10.1. The fourth-order valence-corrected chi connectivity index (χ4v) is 2.14. The number of nitrogens with one attached hydrogen (secondary N) is 1. The molecule has 4 nitrogen and oxygen atoms in total. The Balaban J connectivity index is 2.00. The molecule has 2 N–H and O–H groups in total. The molecule has 2 aromatic carbocycles. The molecule has 0 aliphatic heterocycles. The quantitative estimate of drug-likeness (QED) is 0.885. The van der Waals surface area contributed by atoms with Crippen molar-refractivity contribution in [3.05, 3.63) is 64.2 Å². The SMILES string of the molecule is N#Cc1cc(Cl)ccc1NCCc1cccc(C(=O)O)c1. The lowest BCUT2D eigenvalue weighted by Crippen LogP contribution is -2.07. The predicted octanol–water partition coefficient (Wildman–Crippen LogP) is 3.56. The molecule has 0 saturated carbocycles. The van der Waals surface area contributed by atoms with Crippen molar-refractivity contribution in [3.8, 4) is 6.07 Å². The molecule has 0 amide bonds. The van der Waals surface area contributed by atoms with Gasteiger partial charge in [0.2, 0.25) is 0 Å². The number of halogens is 1. The molecule has 106 valence electrons. The highest BCUT2D eigenvalue weighted by molar-refractivity contribution is 6.30. The maximum atomic E-state index is 10.9. The normalized spacial score (nSPS) is 9.90. The summed E-state index contributed by atoms with van der Waals surface area (Å²) in [4.78, 5) is 10.9. The summed E-state index contributed by atoms with van der Waals surface area (Å²) in [6.45, 7) is 0.597. The van der Waals surface area contributed by atoms with Gasteiger partial charge in [-0.3, -0.25) is 0 Å². The average Bonchev–Trinajstić information content (AvgIpc) is 2.49. The number of hydrogen-bond donors (Lipinski definition) is 2. The lowest BCUT2D eigenvalue weighted by molar-refractivity contribution is 0.0697. The van der Waals surface area contributed by atoms with Crippen LogP contribution >= 0.6 is 11.6 Å². The number of hydrogen-bond acceptors (Lipinski definition) is 3. The average molecular weight is 301 g/mol. The molecular formula is C16H13ClN2O2. The zero-order valence-corrected chi connectivity index (χ0v) is 11.9. The fourth-order valence-electron chi connectivity index (χ4n) is 1.96. The molecule has 0 radical (unpaired) electrons. The third-order valence-electron chi connectivity index (χ3n) is 3.01. The van der Waals surface area contributed by atoms with E-state index in [0.717, 1.165) is 11.3 Å². The van der Waals surface area contributed by atoms with Crippen LogP contribution in [0.5, 0.6) is 0 Å². The standard InChI is InChI=1S/C16H13ClN2O2/c17-14-4-5-15(13(9-14)10-18)19-7-6-11-2-1-3-12(8-11)16(20)21/h1-5,8-9,19H,6-7H2,(H,20,21). The van der Waals surface area contributed by atoms with E-state index < -0.39 is 5.97 Å². The van der Waals surface area contributed by atoms with E-state index in [9.17, 15) is 4.79 Å². The van der Waals surface area contributed by atoms with E-state index in [2.05, 4.69) is 11.4 Å². The molecule has 0 spiro atoms. The van der Waals surface area contributed by atoms with Crippen LogP contribution in [0.3, 0.4) is 0 Å². The Hall–Kier alpha value is -2.51. The van der Waals surface area contributed by atoms with Crippen LogP contribution < -0.4 is 5.32 Å². The van der Waals surface area contributed by atoms with Crippen LogP contribution in [0.25, 0.3) is 0 Å². The van der Waals surface area contributed by atoms with Gasteiger partial charge in [0.05, 0.1) is 16.8 Å². The van der Waals surface area contributed by atoms with Crippen molar-refractivity contribution in [3.63, 3.8) is 0 Å². The summed E-state index contributed by atoms with van der Waals surface area (Å²) in [5.41, 5.74) is 2.41. The number of nitriles is 1. The number of carboxylic acids is 1. The molecule has 0 aliphatic carbocycles. The van der Waals surface area contributed by atoms with Crippen molar-refractivity contribution in [1.82, 2.24) is 0 Å². The fraction of sp³-hybridized carbons (Fsp3) is 0.125. The van der Waals surface area contributed by atoms with Crippen LogP contribution in [0.4, 0.5) is 5.69 Å². The number of nitrogens with zero attached hydrogens (tertiary/aromatic N) is 1. The van der Waals surface area contributed by atoms with E-state index in [-0.39, 0.29) is 5.56 Å². The molecule has 0 fully saturated rings. The van der Waals surface area contributed by atoms with Gasteiger partial charge in [0, 0.05) is 11.6 Å². The molecule has 2 aromatic rings. The summed E-state index contributed by atoms with van der Waals surface area (Å²) in [6.07, 6.45) is 0.661. The van der Waals surface area contributed by atoms with Gasteiger partial charge in [0.15, 0.2) is 0 Å². The van der Waals surface area contributed by atoms with E-state index in [1.54, 1.807) is 36.4 Å². The minimum atomic E-state index is -0.936. The number of rotatable bonds is 5. The Bertz CT molecular complexity index is 708. The first-order chi connectivity index (χ1) is 10.1. The summed E-state index contributed by atoms with van der Waals surface area (Å²) in [5, 5.41) is 21.7. The zero-order chi connectivity index (χ0) is 15.2. The third kappa shape index (κ3) is 3.98. The predicted molar refractivity (Wildman–Crippen MR) is 81.8 cm³/mol. The van der Waals surface area contributed by atoms with Crippen LogP contribution in [0.2, 0.25) is 5.02 Å². The molecule has 0 heterocycles. The minimum absolute atomic E-state index is 0.275. The number of benzene rings is 2. The van der Waals surface area contributed by atoms with Gasteiger partial charge < -0.3 is 10.4 Å². The summed E-state index contributed by atoms with van der Waals surface area (Å²) >= 11 is 5.84. The van der Waals surface area contributed by atoms with E-state index in [1.807, 2.05) is 6.07 Å². The van der Waals surface area contributed by atoms with Crippen LogP contribution in [-0.2, 0) is 6.42 Å². The second-order valence-electron chi connectivity index (χ2n) is 4.48. The first-order valence-electron chi connectivity index (χ1n) is 6.36. The van der Waals surface area contributed by atoms with Gasteiger partial charge in [0.1, 0.15) is 6.07 Å².